The first-order valence-electron chi connectivity index (χ1n) is 9.93. The van der Waals surface area contributed by atoms with Gasteiger partial charge >= 0.3 is 0 Å². The van der Waals surface area contributed by atoms with E-state index in [1.54, 1.807) is 0 Å². The van der Waals surface area contributed by atoms with E-state index in [1.165, 1.54) is 16.7 Å². The quantitative estimate of drug-likeness (QED) is 0.507. The van der Waals surface area contributed by atoms with Crippen molar-refractivity contribution in [3.63, 3.8) is 0 Å². The highest BCUT2D eigenvalue weighted by Crippen LogP contribution is 2.55. The lowest BCUT2D eigenvalue weighted by molar-refractivity contribution is 0.495. The Bertz CT molecular complexity index is 1210. The van der Waals surface area contributed by atoms with Gasteiger partial charge in [-0.15, -0.1) is 0 Å². The fourth-order valence-electron chi connectivity index (χ4n) is 4.85. The molecular weight excluding hydrogens is 372 g/mol. The van der Waals surface area contributed by atoms with E-state index >= 15 is 0 Å². The van der Waals surface area contributed by atoms with E-state index in [0.29, 0.717) is 0 Å². The van der Waals surface area contributed by atoms with Crippen LogP contribution in [0.1, 0.15) is 22.4 Å². The molecule has 0 bridgehead atoms. The summed E-state index contributed by atoms with van der Waals surface area (Å²) in [7, 11) is 2.08. The summed E-state index contributed by atoms with van der Waals surface area (Å²) in [5, 5.41) is 7.58. The van der Waals surface area contributed by atoms with Crippen molar-refractivity contribution in [1.29, 1.82) is 0 Å². The highest BCUT2D eigenvalue weighted by molar-refractivity contribution is 5.85. The van der Waals surface area contributed by atoms with Crippen LogP contribution in [0.4, 0.5) is 5.69 Å². The van der Waals surface area contributed by atoms with Gasteiger partial charge in [0, 0.05) is 67.2 Å². The van der Waals surface area contributed by atoms with Crippen LogP contribution in [0.25, 0.3) is 11.1 Å². The number of fused-ring (bicyclic) bond motifs is 3. The molecule has 0 radical (unpaired) electrons. The first-order chi connectivity index (χ1) is 14.8. The van der Waals surface area contributed by atoms with E-state index < -0.39 is 5.41 Å². The lowest BCUT2D eigenvalue weighted by atomic mass is 9.70. The van der Waals surface area contributed by atoms with E-state index in [1.807, 2.05) is 31.0 Å². The molecule has 146 valence electrons. The van der Waals surface area contributed by atoms with Crippen molar-refractivity contribution >= 4 is 5.69 Å². The molecular formula is C24H20N6. The minimum atomic E-state index is -0.502. The van der Waals surface area contributed by atoms with Crippen LogP contribution in [0.15, 0.2) is 85.8 Å². The SMILES string of the molecule is CN1C=CN(c2cccc(C3(c4ccn[nH]4)c4ccncc4-c4cnccc43)c2)C1. The van der Waals surface area contributed by atoms with Gasteiger partial charge in [-0.2, -0.15) is 5.10 Å². The summed E-state index contributed by atoms with van der Waals surface area (Å²) < 4.78 is 0. The van der Waals surface area contributed by atoms with Gasteiger partial charge in [0.1, 0.15) is 0 Å². The number of benzene rings is 1. The second kappa shape index (κ2) is 6.29. The Hall–Kier alpha value is -3.93. The lowest BCUT2D eigenvalue weighted by Crippen LogP contribution is -2.30. The summed E-state index contributed by atoms with van der Waals surface area (Å²) in [6.45, 7) is 0.835. The highest BCUT2D eigenvalue weighted by atomic mass is 15.3. The second-order valence-electron chi connectivity index (χ2n) is 7.78. The molecule has 2 aliphatic rings. The molecule has 4 heterocycles. The number of pyridine rings is 2. The molecule has 3 aromatic heterocycles. The Balaban J connectivity index is 1.66. The number of nitrogens with one attached hydrogen (secondary N) is 1. The van der Waals surface area contributed by atoms with Gasteiger partial charge in [0.05, 0.1) is 17.8 Å². The van der Waals surface area contributed by atoms with Crippen LogP contribution in [-0.4, -0.2) is 38.8 Å². The summed E-state index contributed by atoms with van der Waals surface area (Å²) >= 11 is 0. The molecule has 6 heteroatoms. The summed E-state index contributed by atoms with van der Waals surface area (Å²) in [6, 6.07) is 15.1. The number of H-pyrrole nitrogens is 1. The number of hydrogen-bond donors (Lipinski definition) is 1. The van der Waals surface area contributed by atoms with E-state index in [4.69, 9.17) is 0 Å². The number of nitrogens with zero attached hydrogens (tertiary/aromatic N) is 5. The van der Waals surface area contributed by atoms with E-state index in [-0.39, 0.29) is 0 Å². The monoisotopic (exact) mass is 392 g/mol. The van der Waals surface area contributed by atoms with Gasteiger partial charge in [-0.3, -0.25) is 15.1 Å². The molecule has 4 aromatic rings. The van der Waals surface area contributed by atoms with Crippen molar-refractivity contribution in [2.24, 2.45) is 0 Å². The Morgan fingerprint density at radius 3 is 2.30 bits per heavy atom. The van der Waals surface area contributed by atoms with Crippen LogP contribution in [0.2, 0.25) is 0 Å². The number of aromatic amines is 1. The second-order valence-corrected chi connectivity index (χ2v) is 7.78. The first-order valence-corrected chi connectivity index (χ1v) is 9.93. The maximum atomic E-state index is 4.41. The van der Waals surface area contributed by atoms with Gasteiger partial charge < -0.3 is 9.80 Å². The first kappa shape index (κ1) is 17.0. The van der Waals surface area contributed by atoms with Gasteiger partial charge in [-0.1, -0.05) is 12.1 Å². The smallest absolute Gasteiger partial charge is 0.0938 e. The van der Waals surface area contributed by atoms with Crippen LogP contribution in [0, 0.1) is 0 Å². The Morgan fingerprint density at radius 2 is 1.67 bits per heavy atom. The average Bonchev–Trinajstić information content (AvgIpc) is 3.52. The predicted octanol–water partition coefficient (Wildman–Crippen LogP) is 3.74. The van der Waals surface area contributed by atoms with Crippen molar-refractivity contribution in [2.75, 3.05) is 18.6 Å². The molecule has 6 rings (SSSR count). The van der Waals surface area contributed by atoms with Crippen LogP contribution in [-0.2, 0) is 5.41 Å². The minimum absolute atomic E-state index is 0.502. The Kier molecular flexibility index (Phi) is 3.56. The Morgan fingerprint density at radius 1 is 0.900 bits per heavy atom. The number of hydrogen-bond acceptors (Lipinski definition) is 5. The molecule has 6 nitrogen and oxygen atoms in total. The van der Waals surface area contributed by atoms with Crippen molar-refractivity contribution < 1.29 is 0 Å². The normalized spacial score (nSPS) is 16.0. The molecule has 1 aliphatic heterocycles. The molecule has 1 N–H and O–H groups in total. The third-order valence-corrected chi connectivity index (χ3v) is 6.13. The maximum Gasteiger partial charge on any atom is 0.0938 e. The highest BCUT2D eigenvalue weighted by Gasteiger charge is 2.47. The summed E-state index contributed by atoms with van der Waals surface area (Å²) in [6.07, 6.45) is 13.6. The van der Waals surface area contributed by atoms with Crippen molar-refractivity contribution in [3.05, 3.63) is 108 Å². The molecule has 1 aromatic carbocycles. The summed E-state index contributed by atoms with van der Waals surface area (Å²) in [5.74, 6) is 0. The molecule has 0 atom stereocenters. The van der Waals surface area contributed by atoms with E-state index in [0.717, 1.165) is 29.2 Å². The average molecular weight is 392 g/mol. The van der Waals surface area contributed by atoms with Crippen molar-refractivity contribution in [1.82, 2.24) is 25.1 Å². The molecule has 0 amide bonds. The third kappa shape index (κ3) is 2.21. The molecule has 0 saturated carbocycles. The predicted molar refractivity (Wildman–Crippen MR) is 116 cm³/mol. The Labute approximate surface area is 174 Å². The van der Waals surface area contributed by atoms with E-state index in [9.17, 15) is 0 Å². The molecule has 0 fully saturated rings. The topological polar surface area (TPSA) is 60.9 Å². The van der Waals surface area contributed by atoms with Gasteiger partial charge in [-0.25, -0.2) is 0 Å². The maximum absolute atomic E-state index is 4.41. The van der Waals surface area contributed by atoms with Gasteiger partial charge in [0.15, 0.2) is 0 Å². The van der Waals surface area contributed by atoms with Crippen molar-refractivity contribution in [3.8, 4) is 11.1 Å². The largest absolute Gasteiger partial charge is 0.361 e. The molecule has 30 heavy (non-hydrogen) atoms. The summed E-state index contributed by atoms with van der Waals surface area (Å²) in [4.78, 5) is 13.2. The minimum Gasteiger partial charge on any atom is -0.361 e. The zero-order valence-electron chi connectivity index (χ0n) is 16.5. The van der Waals surface area contributed by atoms with Crippen LogP contribution < -0.4 is 4.90 Å². The fourth-order valence-corrected chi connectivity index (χ4v) is 4.85. The van der Waals surface area contributed by atoms with Gasteiger partial charge in [0.25, 0.3) is 0 Å². The van der Waals surface area contributed by atoms with Crippen LogP contribution in [0.3, 0.4) is 0 Å². The molecule has 0 saturated heterocycles. The van der Waals surface area contributed by atoms with Crippen LogP contribution >= 0.6 is 0 Å². The van der Waals surface area contributed by atoms with Crippen LogP contribution in [0.5, 0.6) is 0 Å². The summed E-state index contributed by atoms with van der Waals surface area (Å²) in [5.41, 5.74) is 7.48. The zero-order valence-corrected chi connectivity index (χ0v) is 16.5. The molecule has 0 unspecified atom stereocenters. The number of anilines is 1. The van der Waals surface area contributed by atoms with Gasteiger partial charge in [0.2, 0.25) is 0 Å². The number of aromatic nitrogens is 4. The number of rotatable bonds is 3. The molecule has 0 spiro atoms. The van der Waals surface area contributed by atoms with Gasteiger partial charge in [-0.05, 0) is 47.0 Å². The molecule has 1 aliphatic carbocycles. The zero-order chi connectivity index (χ0) is 20.1. The lowest BCUT2D eigenvalue weighted by Gasteiger charge is -2.32. The van der Waals surface area contributed by atoms with Crippen molar-refractivity contribution in [2.45, 2.75) is 5.41 Å². The van der Waals surface area contributed by atoms with E-state index in [2.05, 4.69) is 91.9 Å². The third-order valence-electron chi connectivity index (χ3n) is 6.13. The fraction of sp³-hybridized carbons (Fsp3) is 0.125. The standard InChI is InChI=1S/C24H20N6/c1-29-11-12-30(16-29)18-4-2-3-17(13-18)24(23-7-10-27-28-23)21-5-8-25-14-19(21)20-15-26-9-6-22(20)24/h2-15H,16H2,1H3,(H,27,28).